The van der Waals surface area contributed by atoms with Gasteiger partial charge in [-0.25, -0.2) is 4.79 Å². The van der Waals surface area contributed by atoms with Crippen molar-refractivity contribution >= 4 is 39.2 Å². The number of amides is 2. The first-order valence-electron chi connectivity index (χ1n) is 6.65. The molecule has 0 radical (unpaired) electrons. The highest BCUT2D eigenvalue weighted by Crippen LogP contribution is 2.27. The van der Waals surface area contributed by atoms with Crippen LogP contribution in [0.4, 0.5) is 10.5 Å². The molecule has 1 aliphatic rings. The molecule has 2 amide bonds. The molecule has 0 saturated carbocycles. The Morgan fingerprint density at radius 2 is 2.05 bits per heavy atom. The van der Waals surface area contributed by atoms with Crippen LogP contribution < -0.4 is 5.32 Å². The number of hydrogen-bond donors (Lipinski definition) is 1. The average Bonchev–Trinajstić information content (AvgIpc) is 2.43. The van der Waals surface area contributed by atoms with Crippen molar-refractivity contribution in [2.75, 3.05) is 32.5 Å². The number of benzene rings is 1. The van der Waals surface area contributed by atoms with E-state index in [-0.39, 0.29) is 6.03 Å². The summed E-state index contributed by atoms with van der Waals surface area (Å²) in [5.41, 5.74) is 0.943. The van der Waals surface area contributed by atoms with Gasteiger partial charge in [-0.15, -0.1) is 0 Å². The lowest BCUT2D eigenvalue weighted by Crippen LogP contribution is -2.46. The van der Waals surface area contributed by atoms with Gasteiger partial charge in [0.2, 0.25) is 0 Å². The lowest BCUT2D eigenvalue weighted by Gasteiger charge is -2.34. The Labute approximate surface area is 133 Å². The van der Waals surface area contributed by atoms with Crippen LogP contribution in [0.3, 0.4) is 0 Å². The van der Waals surface area contributed by atoms with Gasteiger partial charge in [0.05, 0.1) is 10.7 Å². The molecule has 1 fully saturated rings. The molecular formula is C14H19BrClN3O. The third-order valence-electron chi connectivity index (χ3n) is 3.44. The summed E-state index contributed by atoms with van der Waals surface area (Å²) in [6.45, 7) is 1.56. The van der Waals surface area contributed by atoms with Crippen molar-refractivity contribution in [1.29, 1.82) is 0 Å². The Morgan fingerprint density at radius 3 is 2.65 bits per heavy atom. The Morgan fingerprint density at radius 1 is 1.40 bits per heavy atom. The van der Waals surface area contributed by atoms with Crippen LogP contribution in [-0.4, -0.2) is 49.1 Å². The molecule has 2 rings (SSSR count). The molecule has 0 aliphatic carbocycles. The van der Waals surface area contributed by atoms with Gasteiger partial charge in [0.1, 0.15) is 0 Å². The quantitative estimate of drug-likeness (QED) is 0.873. The van der Waals surface area contributed by atoms with Crippen LogP contribution >= 0.6 is 27.5 Å². The van der Waals surface area contributed by atoms with E-state index >= 15 is 0 Å². The van der Waals surface area contributed by atoms with Gasteiger partial charge in [0, 0.05) is 37.7 Å². The van der Waals surface area contributed by atoms with Gasteiger partial charge in [-0.05, 0) is 31.0 Å². The van der Waals surface area contributed by atoms with E-state index in [9.17, 15) is 4.79 Å². The topological polar surface area (TPSA) is 35.6 Å². The summed E-state index contributed by atoms with van der Waals surface area (Å²) in [5.74, 6) is 0. The van der Waals surface area contributed by atoms with Crippen molar-refractivity contribution in [2.45, 2.75) is 18.9 Å². The lowest BCUT2D eigenvalue weighted by molar-refractivity contribution is 0.158. The van der Waals surface area contributed by atoms with E-state index in [0.29, 0.717) is 6.04 Å². The van der Waals surface area contributed by atoms with E-state index in [1.54, 1.807) is 19.0 Å². The van der Waals surface area contributed by atoms with Crippen molar-refractivity contribution in [3.8, 4) is 0 Å². The number of halogens is 2. The van der Waals surface area contributed by atoms with Gasteiger partial charge >= 0.3 is 6.03 Å². The predicted octanol–water partition coefficient (Wildman–Crippen LogP) is 3.66. The van der Waals surface area contributed by atoms with Crippen molar-refractivity contribution < 1.29 is 4.79 Å². The van der Waals surface area contributed by atoms with E-state index in [0.717, 1.165) is 41.1 Å². The van der Waals surface area contributed by atoms with Crippen LogP contribution in [0.1, 0.15) is 12.8 Å². The molecular weight excluding hydrogens is 342 g/mol. The average molecular weight is 361 g/mol. The van der Waals surface area contributed by atoms with E-state index in [1.165, 1.54) is 0 Å². The second kappa shape index (κ2) is 6.68. The van der Waals surface area contributed by atoms with E-state index in [1.807, 2.05) is 23.1 Å². The number of likely N-dealkylation sites (tertiary alicyclic amines) is 1. The Hall–Kier alpha value is -0.940. The second-order valence-electron chi connectivity index (χ2n) is 5.21. The molecule has 6 heteroatoms. The Kier molecular flexibility index (Phi) is 5.16. The smallest absolute Gasteiger partial charge is 0.319 e. The molecule has 0 unspecified atom stereocenters. The zero-order chi connectivity index (χ0) is 14.7. The monoisotopic (exact) mass is 359 g/mol. The number of anilines is 1. The van der Waals surface area contributed by atoms with Crippen LogP contribution in [0.5, 0.6) is 0 Å². The molecule has 1 aromatic rings. The summed E-state index contributed by atoms with van der Waals surface area (Å²) in [5, 5.41) is 4.19. The van der Waals surface area contributed by atoms with E-state index < -0.39 is 0 Å². The number of hydrogen-bond acceptors (Lipinski definition) is 2. The molecule has 1 heterocycles. The SMILES string of the molecule is CN(C)C(=O)N1CCC(Nc2cc(Br)ccc2Cl)CC1. The molecule has 0 spiro atoms. The molecule has 0 bridgehead atoms. The number of rotatable bonds is 2. The van der Waals surface area contributed by atoms with Gasteiger partial charge in [-0.3, -0.25) is 0 Å². The van der Waals surface area contributed by atoms with Gasteiger partial charge in [0.25, 0.3) is 0 Å². The summed E-state index contributed by atoms with van der Waals surface area (Å²) in [6, 6.07) is 6.22. The molecule has 4 nitrogen and oxygen atoms in total. The Balaban J connectivity index is 1.91. The van der Waals surface area contributed by atoms with E-state index in [2.05, 4.69) is 21.2 Å². The highest BCUT2D eigenvalue weighted by molar-refractivity contribution is 9.10. The maximum absolute atomic E-state index is 11.9. The van der Waals surface area contributed by atoms with Crippen molar-refractivity contribution in [1.82, 2.24) is 9.80 Å². The molecule has 0 atom stereocenters. The van der Waals surface area contributed by atoms with Crippen molar-refractivity contribution in [2.24, 2.45) is 0 Å². The summed E-state index contributed by atoms with van der Waals surface area (Å²) in [4.78, 5) is 15.4. The van der Waals surface area contributed by atoms with Crippen molar-refractivity contribution in [3.05, 3.63) is 27.7 Å². The molecule has 110 valence electrons. The zero-order valence-electron chi connectivity index (χ0n) is 11.7. The number of nitrogens with one attached hydrogen (secondary N) is 1. The summed E-state index contributed by atoms with van der Waals surface area (Å²) in [6.07, 6.45) is 1.87. The van der Waals surface area contributed by atoms with Crippen LogP contribution in [-0.2, 0) is 0 Å². The van der Waals surface area contributed by atoms with Gasteiger partial charge < -0.3 is 15.1 Å². The molecule has 1 saturated heterocycles. The highest BCUT2D eigenvalue weighted by atomic mass is 79.9. The third-order valence-corrected chi connectivity index (χ3v) is 4.26. The minimum Gasteiger partial charge on any atom is -0.381 e. The molecule has 1 aliphatic heterocycles. The third kappa shape index (κ3) is 3.79. The normalized spacial score (nSPS) is 16.1. The number of carbonyl (C=O) groups is 1. The van der Waals surface area contributed by atoms with Crippen LogP contribution in [0.25, 0.3) is 0 Å². The minimum absolute atomic E-state index is 0.0870. The zero-order valence-corrected chi connectivity index (χ0v) is 14.0. The van der Waals surface area contributed by atoms with Crippen LogP contribution in [0.2, 0.25) is 5.02 Å². The second-order valence-corrected chi connectivity index (χ2v) is 6.53. The maximum Gasteiger partial charge on any atom is 0.319 e. The molecule has 1 N–H and O–H groups in total. The minimum atomic E-state index is 0.0870. The van der Waals surface area contributed by atoms with Crippen LogP contribution in [0, 0.1) is 0 Å². The van der Waals surface area contributed by atoms with Crippen LogP contribution in [0.15, 0.2) is 22.7 Å². The summed E-state index contributed by atoms with van der Waals surface area (Å²) >= 11 is 9.63. The fourth-order valence-electron chi connectivity index (χ4n) is 2.33. The molecule has 20 heavy (non-hydrogen) atoms. The molecule has 1 aromatic carbocycles. The molecule has 0 aromatic heterocycles. The first-order chi connectivity index (χ1) is 9.47. The first kappa shape index (κ1) is 15.4. The first-order valence-corrected chi connectivity index (χ1v) is 7.82. The van der Waals surface area contributed by atoms with Crippen molar-refractivity contribution in [3.63, 3.8) is 0 Å². The predicted molar refractivity (Wildman–Crippen MR) is 86.5 cm³/mol. The van der Waals surface area contributed by atoms with Gasteiger partial charge in [0.15, 0.2) is 0 Å². The lowest BCUT2D eigenvalue weighted by atomic mass is 10.0. The number of carbonyl (C=O) groups excluding carboxylic acids is 1. The maximum atomic E-state index is 11.9. The van der Waals surface area contributed by atoms with Gasteiger partial charge in [-0.1, -0.05) is 27.5 Å². The highest BCUT2D eigenvalue weighted by Gasteiger charge is 2.23. The van der Waals surface area contributed by atoms with Gasteiger partial charge in [-0.2, -0.15) is 0 Å². The number of urea groups is 1. The van der Waals surface area contributed by atoms with E-state index in [4.69, 9.17) is 11.6 Å². The number of piperidine rings is 1. The Bertz CT molecular complexity index is 487. The standard InChI is InChI=1S/C14H19BrClN3O/c1-18(2)14(20)19-7-5-11(6-8-19)17-13-9-10(15)3-4-12(13)16/h3-4,9,11,17H,5-8H2,1-2H3. The summed E-state index contributed by atoms with van der Waals surface area (Å²) in [7, 11) is 3.57. The largest absolute Gasteiger partial charge is 0.381 e. The number of nitrogens with zero attached hydrogens (tertiary/aromatic N) is 2. The summed E-state index contributed by atoms with van der Waals surface area (Å²) < 4.78 is 1.00. The fraction of sp³-hybridized carbons (Fsp3) is 0.500. The fourth-order valence-corrected chi connectivity index (χ4v) is 2.86.